The van der Waals surface area contributed by atoms with Gasteiger partial charge in [0.15, 0.2) is 6.61 Å². The van der Waals surface area contributed by atoms with E-state index in [-0.39, 0.29) is 30.9 Å². The fourth-order valence-corrected chi connectivity index (χ4v) is 2.23. The number of carbonyl (C=O) groups is 2. The number of benzene rings is 1. The molecule has 0 spiro atoms. The van der Waals surface area contributed by atoms with Crippen LogP contribution in [0, 0.1) is 0 Å². The highest BCUT2D eigenvalue weighted by molar-refractivity contribution is 5.96. The highest BCUT2D eigenvalue weighted by Gasteiger charge is 2.22. The molecule has 0 aliphatic rings. The van der Waals surface area contributed by atoms with Crippen LogP contribution in [0.3, 0.4) is 0 Å². The predicted molar refractivity (Wildman–Crippen MR) is 89.7 cm³/mol. The molecule has 0 aliphatic carbocycles. The van der Waals surface area contributed by atoms with Crippen molar-refractivity contribution in [3.63, 3.8) is 0 Å². The van der Waals surface area contributed by atoms with Gasteiger partial charge in [-0.2, -0.15) is 0 Å². The van der Waals surface area contributed by atoms with Gasteiger partial charge in [0.2, 0.25) is 5.76 Å². The molecule has 0 radical (unpaired) electrons. The number of esters is 1. The number of carbonyl (C=O) groups excluding carboxylic acids is 2. The molecule has 1 amide bonds. The van der Waals surface area contributed by atoms with Crippen LogP contribution in [0.2, 0.25) is 0 Å². The first-order valence-corrected chi connectivity index (χ1v) is 8.11. The first-order valence-electron chi connectivity index (χ1n) is 8.11. The Morgan fingerprint density at radius 2 is 2.00 bits per heavy atom. The van der Waals surface area contributed by atoms with E-state index >= 15 is 0 Å². The Labute approximate surface area is 141 Å². The van der Waals surface area contributed by atoms with E-state index in [4.69, 9.17) is 13.9 Å². The normalized spacial score (nSPS) is 12.1. The Hall–Kier alpha value is -2.34. The summed E-state index contributed by atoms with van der Waals surface area (Å²) in [5, 5.41) is 3.55. The van der Waals surface area contributed by atoms with Crippen LogP contribution in [0.1, 0.15) is 43.3 Å². The summed E-state index contributed by atoms with van der Waals surface area (Å²) in [5.41, 5.74) is 1.22. The zero-order valence-corrected chi connectivity index (χ0v) is 14.3. The molecule has 1 N–H and O–H groups in total. The van der Waals surface area contributed by atoms with Crippen LogP contribution in [0.15, 0.2) is 28.7 Å². The molecule has 0 fully saturated rings. The number of nitrogens with one attached hydrogen (secondary N) is 1. The molecule has 1 heterocycles. The van der Waals surface area contributed by atoms with Gasteiger partial charge >= 0.3 is 5.97 Å². The third kappa shape index (κ3) is 4.35. The molecule has 0 unspecified atom stereocenters. The summed E-state index contributed by atoms with van der Waals surface area (Å²) >= 11 is 0. The molecule has 2 rings (SSSR count). The molecule has 24 heavy (non-hydrogen) atoms. The summed E-state index contributed by atoms with van der Waals surface area (Å²) in [4.78, 5) is 24.0. The molecule has 0 aliphatic heterocycles. The summed E-state index contributed by atoms with van der Waals surface area (Å²) in [6.45, 7) is 6.15. The van der Waals surface area contributed by atoms with Gasteiger partial charge in [-0.25, -0.2) is 4.79 Å². The van der Waals surface area contributed by atoms with E-state index in [0.717, 1.165) is 11.8 Å². The van der Waals surface area contributed by atoms with E-state index in [1.807, 2.05) is 39.0 Å². The number of hydrogen-bond acceptors (Lipinski definition) is 5. The van der Waals surface area contributed by atoms with Crippen molar-refractivity contribution >= 4 is 22.8 Å². The Morgan fingerprint density at radius 1 is 1.25 bits per heavy atom. The van der Waals surface area contributed by atoms with Gasteiger partial charge in [-0.15, -0.1) is 0 Å². The average molecular weight is 333 g/mol. The van der Waals surface area contributed by atoms with E-state index in [2.05, 4.69) is 5.32 Å². The zero-order valence-electron chi connectivity index (χ0n) is 14.3. The van der Waals surface area contributed by atoms with Crippen molar-refractivity contribution in [3.8, 4) is 0 Å². The monoisotopic (exact) mass is 333 g/mol. The fourth-order valence-electron chi connectivity index (χ4n) is 2.23. The standard InChI is InChI=1S/C18H23NO5/c1-4-12(3)19-16(20)11-23-18(21)17-14(10-22-5-2)13-8-6-7-9-15(13)24-17/h6-9,12H,4-5,10-11H2,1-3H3,(H,19,20)/t12-/m1/s1. The summed E-state index contributed by atoms with van der Waals surface area (Å²) < 4.78 is 16.1. The number of para-hydroxylation sites is 1. The molecular weight excluding hydrogens is 310 g/mol. The largest absolute Gasteiger partial charge is 0.450 e. The van der Waals surface area contributed by atoms with Crippen molar-refractivity contribution in [2.45, 2.75) is 39.8 Å². The van der Waals surface area contributed by atoms with Gasteiger partial charge in [0.25, 0.3) is 5.91 Å². The van der Waals surface area contributed by atoms with E-state index < -0.39 is 5.97 Å². The molecule has 0 bridgehead atoms. The van der Waals surface area contributed by atoms with Crippen LogP contribution in [0.5, 0.6) is 0 Å². The highest BCUT2D eigenvalue weighted by Crippen LogP contribution is 2.27. The first kappa shape index (κ1) is 18.0. The second-order valence-electron chi connectivity index (χ2n) is 5.50. The number of amides is 1. The van der Waals surface area contributed by atoms with Crippen molar-refractivity contribution < 1.29 is 23.5 Å². The van der Waals surface area contributed by atoms with Crippen molar-refractivity contribution in [2.24, 2.45) is 0 Å². The van der Waals surface area contributed by atoms with E-state index in [1.165, 1.54) is 0 Å². The average Bonchev–Trinajstić information content (AvgIpc) is 2.96. The lowest BCUT2D eigenvalue weighted by atomic mass is 10.1. The van der Waals surface area contributed by atoms with Gasteiger partial charge < -0.3 is 19.2 Å². The minimum atomic E-state index is -0.666. The first-order chi connectivity index (χ1) is 11.6. The Morgan fingerprint density at radius 3 is 2.71 bits per heavy atom. The highest BCUT2D eigenvalue weighted by atomic mass is 16.5. The second-order valence-corrected chi connectivity index (χ2v) is 5.50. The summed E-state index contributed by atoms with van der Waals surface area (Å²) in [6.07, 6.45) is 0.807. The molecule has 130 valence electrons. The van der Waals surface area contributed by atoms with Crippen LogP contribution < -0.4 is 5.32 Å². The minimum absolute atomic E-state index is 0.0379. The van der Waals surface area contributed by atoms with Crippen LogP contribution >= 0.6 is 0 Å². The Balaban J connectivity index is 2.12. The molecular formula is C18H23NO5. The van der Waals surface area contributed by atoms with Crippen LogP contribution in [-0.2, 0) is 20.9 Å². The van der Waals surface area contributed by atoms with Crippen molar-refractivity contribution in [1.82, 2.24) is 5.32 Å². The van der Waals surface area contributed by atoms with Gasteiger partial charge in [0.1, 0.15) is 5.58 Å². The molecule has 1 aromatic heterocycles. The topological polar surface area (TPSA) is 77.8 Å². The number of rotatable bonds is 8. The summed E-state index contributed by atoms with van der Waals surface area (Å²) in [7, 11) is 0. The number of fused-ring (bicyclic) bond motifs is 1. The number of furan rings is 1. The van der Waals surface area contributed by atoms with Crippen molar-refractivity contribution in [3.05, 3.63) is 35.6 Å². The maximum atomic E-state index is 12.3. The number of ether oxygens (including phenoxy) is 2. The maximum Gasteiger partial charge on any atom is 0.375 e. The van der Waals surface area contributed by atoms with Gasteiger partial charge in [-0.1, -0.05) is 25.1 Å². The fraction of sp³-hybridized carbons (Fsp3) is 0.444. The summed E-state index contributed by atoms with van der Waals surface area (Å²) in [6, 6.07) is 7.36. The number of hydrogen-bond donors (Lipinski definition) is 1. The maximum absolute atomic E-state index is 12.3. The van der Waals surface area contributed by atoms with Gasteiger partial charge in [-0.05, 0) is 26.3 Å². The zero-order chi connectivity index (χ0) is 17.5. The molecule has 1 aromatic carbocycles. The lowest BCUT2D eigenvalue weighted by Gasteiger charge is -2.11. The molecule has 1 atom stereocenters. The lowest BCUT2D eigenvalue weighted by Crippen LogP contribution is -2.35. The second kappa shape index (κ2) is 8.49. The molecule has 0 saturated carbocycles. The van der Waals surface area contributed by atoms with E-state index in [9.17, 15) is 9.59 Å². The quantitative estimate of drug-likeness (QED) is 0.751. The third-order valence-electron chi connectivity index (χ3n) is 3.69. The lowest BCUT2D eigenvalue weighted by molar-refractivity contribution is -0.124. The van der Waals surface area contributed by atoms with Gasteiger partial charge in [0, 0.05) is 23.6 Å². The SMILES string of the molecule is CCOCc1c(C(=O)OCC(=O)N[C@H](C)CC)oc2ccccc12. The summed E-state index contributed by atoms with van der Waals surface area (Å²) in [5.74, 6) is -0.915. The Bertz CT molecular complexity index is 706. The molecule has 6 heteroatoms. The van der Waals surface area contributed by atoms with E-state index in [1.54, 1.807) is 6.07 Å². The minimum Gasteiger partial charge on any atom is -0.450 e. The van der Waals surface area contributed by atoms with Crippen LogP contribution in [0.25, 0.3) is 11.0 Å². The van der Waals surface area contributed by atoms with Crippen molar-refractivity contribution in [1.29, 1.82) is 0 Å². The molecule has 6 nitrogen and oxygen atoms in total. The van der Waals surface area contributed by atoms with E-state index in [0.29, 0.717) is 17.8 Å². The van der Waals surface area contributed by atoms with Crippen LogP contribution in [-0.4, -0.2) is 31.1 Å². The Kier molecular flexibility index (Phi) is 6.37. The molecule has 0 saturated heterocycles. The third-order valence-corrected chi connectivity index (χ3v) is 3.69. The van der Waals surface area contributed by atoms with Crippen LogP contribution in [0.4, 0.5) is 0 Å². The predicted octanol–water partition coefficient (Wildman–Crippen LogP) is 3.04. The van der Waals surface area contributed by atoms with Crippen molar-refractivity contribution in [2.75, 3.05) is 13.2 Å². The smallest absolute Gasteiger partial charge is 0.375 e. The van der Waals surface area contributed by atoms with Gasteiger partial charge in [-0.3, -0.25) is 4.79 Å². The van der Waals surface area contributed by atoms with Gasteiger partial charge in [0.05, 0.1) is 6.61 Å². The molecule has 2 aromatic rings.